The van der Waals surface area contributed by atoms with Gasteiger partial charge >= 0.3 is 0 Å². The van der Waals surface area contributed by atoms with Crippen LogP contribution < -0.4 is 0 Å². The topological polar surface area (TPSA) is 100 Å². The highest BCUT2D eigenvalue weighted by molar-refractivity contribution is 6.12. The number of benzene rings is 10. The van der Waals surface area contributed by atoms with Crippen LogP contribution in [0.2, 0.25) is 0 Å². The van der Waals surface area contributed by atoms with E-state index >= 15 is 0 Å². The predicted molar refractivity (Wildman–Crippen MR) is 372 cm³/mol. The molecule has 3 aromatic heterocycles. The fourth-order valence-corrected chi connectivity index (χ4v) is 12.5. The first-order valence-corrected chi connectivity index (χ1v) is 30.8. The average molecular weight is 1170 g/mol. The zero-order valence-electron chi connectivity index (χ0n) is 53.2. The summed E-state index contributed by atoms with van der Waals surface area (Å²) in [5, 5.41) is 24.8. The summed E-state index contributed by atoms with van der Waals surface area (Å²) in [4.78, 5) is 21.1. The summed E-state index contributed by atoms with van der Waals surface area (Å²) in [5.41, 5.74) is 19.7. The van der Waals surface area contributed by atoms with E-state index in [9.17, 15) is 10.5 Å². The third-order valence-electron chi connectivity index (χ3n) is 17.7. The maximum atomic E-state index is 10.3. The van der Waals surface area contributed by atoms with E-state index in [2.05, 4.69) is 231 Å². The molecule has 0 spiro atoms. The number of fused-ring (bicyclic) bond motifs is 6. The van der Waals surface area contributed by atoms with Crippen LogP contribution in [0.1, 0.15) is 116 Å². The van der Waals surface area contributed by atoms with Crippen molar-refractivity contribution in [3.8, 4) is 91.1 Å². The van der Waals surface area contributed by atoms with E-state index in [0.717, 1.165) is 105 Å². The summed E-state index contributed by atoms with van der Waals surface area (Å²) in [6.45, 7) is 35.2. The molecule has 0 amide bonds. The van der Waals surface area contributed by atoms with Gasteiger partial charge in [0.05, 0.1) is 63.3 Å². The third-order valence-corrected chi connectivity index (χ3v) is 17.7. The molecule has 10 aromatic carbocycles. The first-order chi connectivity index (χ1) is 43.0. The Balaban J connectivity index is 1.18. The van der Waals surface area contributed by atoms with Crippen LogP contribution in [-0.2, 0) is 21.7 Å². The second-order valence-corrected chi connectivity index (χ2v) is 28.0. The van der Waals surface area contributed by atoms with E-state index < -0.39 is 0 Å². The Morgan fingerprint density at radius 2 is 0.700 bits per heavy atom. The minimum atomic E-state index is -0.110. The molecule has 0 bridgehead atoms. The normalized spacial score (nSPS) is 12.2. The van der Waals surface area contributed by atoms with Gasteiger partial charge in [-0.25, -0.2) is 19.8 Å². The monoisotopic (exact) mass is 1170 g/mol. The molecule has 0 fully saturated rings. The number of aromatic nitrogens is 5. The maximum absolute atomic E-state index is 10.3. The Kier molecular flexibility index (Phi) is 14.2. The highest BCUT2D eigenvalue weighted by Crippen LogP contribution is 2.45. The van der Waals surface area contributed by atoms with E-state index in [1.807, 2.05) is 84.9 Å². The van der Waals surface area contributed by atoms with Gasteiger partial charge in [0.15, 0.2) is 23.2 Å². The minimum absolute atomic E-state index is 0.110. The van der Waals surface area contributed by atoms with Crippen molar-refractivity contribution >= 4 is 49.3 Å². The van der Waals surface area contributed by atoms with E-state index in [1.54, 1.807) is 0 Å². The number of nitriles is 2. The lowest BCUT2D eigenvalue weighted by Gasteiger charge is -2.20. The molecular weight excluding hydrogens is 1100 g/mol. The van der Waals surface area contributed by atoms with Crippen LogP contribution in [-0.4, -0.2) is 24.1 Å². The van der Waals surface area contributed by atoms with Gasteiger partial charge in [-0.2, -0.15) is 10.5 Å². The molecule has 13 aromatic rings. The third kappa shape index (κ3) is 10.6. The molecular formula is C82H70N8. The summed E-state index contributed by atoms with van der Waals surface area (Å²) < 4.78 is 4.74. The summed E-state index contributed by atoms with van der Waals surface area (Å²) in [6, 6.07) is 76.5. The summed E-state index contributed by atoms with van der Waals surface area (Å²) in [7, 11) is 0. The predicted octanol–water partition coefficient (Wildman–Crippen LogP) is 21.6. The second kappa shape index (κ2) is 21.8. The Labute approximate surface area is 527 Å². The van der Waals surface area contributed by atoms with Gasteiger partial charge in [-0.15, -0.1) is 0 Å². The van der Waals surface area contributed by atoms with Gasteiger partial charge in [-0.1, -0.05) is 186 Å². The van der Waals surface area contributed by atoms with E-state index in [4.69, 9.17) is 21.5 Å². The Morgan fingerprint density at radius 3 is 1.10 bits per heavy atom. The number of hydrogen-bond acceptors (Lipinski definition) is 5. The Hall–Kier alpha value is -10.7. The molecule has 90 heavy (non-hydrogen) atoms. The highest BCUT2D eigenvalue weighted by Gasteiger charge is 2.28. The van der Waals surface area contributed by atoms with Crippen LogP contribution in [0, 0.1) is 29.2 Å². The smallest absolute Gasteiger partial charge is 0.187 e. The standard InChI is InChI=1S/C82H70N8/c1-79(2,3)57-30-36-70-64(44-57)65-45-58(80(4,5)6)31-37-71(65)89(70)74-34-28-55(53-19-16-18-51(40-53)49-84)42-68(74)77-86-76(63-23-15-14-22-62(63)52-26-24-50(48-83)25-27-52)87-78(88-77)69-43-56(54-20-17-21-61(41-54)85-13)29-35-75(69)90-72-38-32-59(81(7,8)9)46-66(72)67-47-60(82(10,11)12)33-39-73(67)90/h14-47H,1-12H3. The van der Waals surface area contributed by atoms with Crippen molar-refractivity contribution in [2.75, 3.05) is 0 Å². The van der Waals surface area contributed by atoms with Gasteiger partial charge in [-0.05, 0) is 180 Å². The van der Waals surface area contributed by atoms with E-state index in [0.29, 0.717) is 34.3 Å². The van der Waals surface area contributed by atoms with E-state index in [-0.39, 0.29) is 21.7 Å². The Bertz CT molecular complexity index is 4780. The first-order valence-electron chi connectivity index (χ1n) is 30.8. The summed E-state index contributed by atoms with van der Waals surface area (Å²) in [6.07, 6.45) is 0. The largest absolute Gasteiger partial charge is 0.309 e. The molecule has 0 N–H and O–H groups in total. The van der Waals surface area contributed by atoms with Crippen LogP contribution in [0.15, 0.2) is 206 Å². The van der Waals surface area contributed by atoms with Crippen molar-refractivity contribution in [1.29, 1.82) is 10.5 Å². The van der Waals surface area contributed by atoms with Crippen LogP contribution >= 0.6 is 0 Å². The molecule has 0 aliphatic carbocycles. The molecule has 8 heteroatoms. The van der Waals surface area contributed by atoms with Crippen molar-refractivity contribution in [1.82, 2.24) is 24.1 Å². The molecule has 0 radical (unpaired) electrons. The van der Waals surface area contributed by atoms with Gasteiger partial charge < -0.3 is 9.13 Å². The van der Waals surface area contributed by atoms with Crippen molar-refractivity contribution in [2.45, 2.75) is 105 Å². The van der Waals surface area contributed by atoms with Gasteiger partial charge in [-0.3, -0.25) is 0 Å². The summed E-state index contributed by atoms with van der Waals surface area (Å²) in [5.74, 6) is 1.32. The first kappa shape index (κ1) is 58.3. The minimum Gasteiger partial charge on any atom is -0.309 e. The summed E-state index contributed by atoms with van der Waals surface area (Å²) >= 11 is 0. The molecule has 8 nitrogen and oxygen atoms in total. The molecule has 0 saturated carbocycles. The van der Waals surface area contributed by atoms with E-state index in [1.165, 1.54) is 22.3 Å². The quantitative estimate of drug-likeness (QED) is 0.141. The number of nitrogens with zero attached hydrogens (tertiary/aromatic N) is 8. The average Bonchev–Trinajstić information content (AvgIpc) is 1.56. The van der Waals surface area contributed by atoms with Gasteiger partial charge in [0.2, 0.25) is 0 Å². The Morgan fingerprint density at radius 1 is 0.333 bits per heavy atom. The molecule has 0 atom stereocenters. The number of hydrogen-bond donors (Lipinski definition) is 0. The van der Waals surface area contributed by atoms with Crippen LogP contribution in [0.5, 0.6) is 0 Å². The van der Waals surface area contributed by atoms with Crippen molar-refractivity contribution in [2.24, 2.45) is 0 Å². The zero-order chi connectivity index (χ0) is 63.2. The molecule has 0 unspecified atom stereocenters. The molecule has 0 aliphatic rings. The van der Waals surface area contributed by atoms with Gasteiger partial charge in [0.1, 0.15) is 0 Å². The fraction of sp³-hybridized carbons (Fsp3) is 0.195. The van der Waals surface area contributed by atoms with Crippen LogP contribution in [0.3, 0.4) is 0 Å². The van der Waals surface area contributed by atoms with Gasteiger partial charge in [0.25, 0.3) is 0 Å². The molecule has 13 rings (SSSR count). The SMILES string of the molecule is [C-]#[N+]c1cccc(-c2ccc(-n3c4ccc(C(C)(C)C)cc4c4cc(C(C)(C)C)ccc43)c(-c3nc(-c4ccccc4-c4ccc(C#N)cc4)nc(-c4cc(-c5cccc(C#N)c5)ccc4-n4c5ccc(C(C)(C)C)cc5c5cc(C(C)(C)C)ccc54)n3)c2)c1. The van der Waals surface area contributed by atoms with Gasteiger partial charge in [0, 0.05) is 38.2 Å². The fourth-order valence-electron chi connectivity index (χ4n) is 12.5. The highest BCUT2D eigenvalue weighted by atomic mass is 15.1. The molecule has 3 heterocycles. The van der Waals surface area contributed by atoms with Crippen molar-refractivity contribution in [3.05, 3.63) is 251 Å². The van der Waals surface area contributed by atoms with Crippen molar-refractivity contribution in [3.63, 3.8) is 0 Å². The maximum Gasteiger partial charge on any atom is 0.187 e. The lowest BCUT2D eigenvalue weighted by atomic mass is 9.85. The lowest BCUT2D eigenvalue weighted by molar-refractivity contribution is 0.590. The molecule has 0 saturated heterocycles. The lowest BCUT2D eigenvalue weighted by Crippen LogP contribution is -2.10. The second-order valence-electron chi connectivity index (χ2n) is 28.0. The van der Waals surface area contributed by atoms with Crippen molar-refractivity contribution < 1.29 is 0 Å². The van der Waals surface area contributed by atoms with Crippen LogP contribution in [0.4, 0.5) is 5.69 Å². The van der Waals surface area contributed by atoms with Crippen LogP contribution in [0.25, 0.3) is 127 Å². The molecule has 0 aliphatic heterocycles. The number of rotatable bonds is 8. The zero-order valence-corrected chi connectivity index (χ0v) is 53.2. The molecule has 438 valence electrons.